The van der Waals surface area contributed by atoms with E-state index in [1.165, 1.54) is 6.26 Å². The van der Waals surface area contributed by atoms with Crippen LogP contribution in [0.5, 0.6) is 0 Å². The summed E-state index contributed by atoms with van der Waals surface area (Å²) in [4.78, 5) is 10.0. The van der Waals surface area contributed by atoms with Crippen LogP contribution in [0.2, 0.25) is 0 Å². The van der Waals surface area contributed by atoms with E-state index >= 15 is 0 Å². The minimum atomic E-state index is -0.969. The smallest absolute Gasteiger partial charge is 0.329 e. The zero-order valence-electron chi connectivity index (χ0n) is 7.16. The lowest BCUT2D eigenvalue weighted by atomic mass is 10.3. The van der Waals surface area contributed by atoms with Crippen molar-refractivity contribution >= 4 is 5.97 Å². The molecule has 0 bridgehead atoms. The van der Waals surface area contributed by atoms with Gasteiger partial charge in [0.2, 0.25) is 0 Å². The van der Waals surface area contributed by atoms with E-state index in [1.807, 2.05) is 6.92 Å². The average molecular weight is 174 g/mol. The van der Waals surface area contributed by atoms with Crippen LogP contribution >= 0.6 is 0 Å². The van der Waals surface area contributed by atoms with Gasteiger partial charge in [0.05, 0.1) is 12.9 Å². The third-order valence-corrected chi connectivity index (χ3v) is 1.27. The van der Waals surface area contributed by atoms with Crippen molar-refractivity contribution in [1.29, 1.82) is 0 Å². The molecule has 0 amide bonds. The molecule has 1 atom stereocenters. The summed E-state index contributed by atoms with van der Waals surface area (Å²) in [5, 5.41) is 8.24. The van der Waals surface area contributed by atoms with E-state index < -0.39 is 5.97 Å². The van der Waals surface area contributed by atoms with Crippen LogP contribution < -0.4 is 0 Å². The van der Waals surface area contributed by atoms with Crippen LogP contribution in [-0.2, 0) is 14.3 Å². The van der Waals surface area contributed by atoms with Gasteiger partial charge < -0.3 is 14.6 Å². The molecular weight excluding hydrogens is 160 g/mol. The molecule has 12 heavy (non-hydrogen) atoms. The molecule has 0 aromatic rings. The summed E-state index contributed by atoms with van der Waals surface area (Å²) in [6, 6.07) is 0. The van der Waals surface area contributed by atoms with Gasteiger partial charge in [-0.1, -0.05) is 13.5 Å². The maximum Gasteiger partial charge on any atom is 0.329 e. The van der Waals surface area contributed by atoms with Crippen molar-refractivity contribution in [2.45, 2.75) is 19.4 Å². The molecule has 70 valence electrons. The largest absolute Gasteiger partial charge is 0.496 e. The molecule has 1 unspecified atom stereocenters. The average Bonchev–Trinajstić information content (AvgIpc) is 2.02. The monoisotopic (exact) mass is 174 g/mol. The van der Waals surface area contributed by atoms with Gasteiger partial charge in [-0.05, 0) is 6.42 Å². The number of carboxylic acids is 1. The third-order valence-electron chi connectivity index (χ3n) is 1.27. The van der Waals surface area contributed by atoms with Crippen molar-refractivity contribution < 1.29 is 19.4 Å². The van der Waals surface area contributed by atoms with E-state index in [1.54, 1.807) is 0 Å². The molecule has 0 spiro atoms. The molecule has 0 aliphatic carbocycles. The Balaban J connectivity index is 3.43. The fourth-order valence-electron chi connectivity index (χ4n) is 0.667. The molecule has 0 aromatic carbocycles. The van der Waals surface area contributed by atoms with E-state index in [2.05, 4.69) is 6.58 Å². The minimum absolute atomic E-state index is 0.0955. The highest BCUT2D eigenvalue weighted by Gasteiger charge is 2.06. The Morgan fingerprint density at radius 2 is 2.42 bits per heavy atom. The van der Waals surface area contributed by atoms with Crippen LogP contribution in [0, 0.1) is 0 Å². The Morgan fingerprint density at radius 1 is 1.75 bits per heavy atom. The summed E-state index contributed by atoms with van der Waals surface area (Å²) >= 11 is 0. The van der Waals surface area contributed by atoms with Crippen LogP contribution in [0.1, 0.15) is 13.3 Å². The van der Waals surface area contributed by atoms with Crippen LogP contribution in [0.25, 0.3) is 0 Å². The van der Waals surface area contributed by atoms with E-state index in [9.17, 15) is 4.79 Å². The van der Waals surface area contributed by atoms with E-state index in [0.29, 0.717) is 0 Å². The van der Waals surface area contributed by atoms with Gasteiger partial charge in [0.15, 0.2) is 0 Å². The molecule has 0 saturated heterocycles. The molecule has 0 heterocycles. The zero-order valence-corrected chi connectivity index (χ0v) is 7.16. The molecule has 0 aliphatic heterocycles. The molecule has 1 N–H and O–H groups in total. The fraction of sp³-hybridized carbons (Fsp3) is 0.625. The van der Waals surface area contributed by atoms with Gasteiger partial charge in [0, 0.05) is 0 Å². The highest BCUT2D eigenvalue weighted by molar-refractivity contribution is 5.67. The number of carbonyl (C=O) groups is 1. The highest BCUT2D eigenvalue weighted by Crippen LogP contribution is 1.98. The Morgan fingerprint density at radius 3 is 2.83 bits per heavy atom. The van der Waals surface area contributed by atoms with Gasteiger partial charge in [0.1, 0.15) is 12.7 Å². The van der Waals surface area contributed by atoms with Gasteiger partial charge in [-0.3, -0.25) is 0 Å². The molecule has 4 heteroatoms. The normalized spacial score (nSPS) is 12.1. The Hall–Kier alpha value is -1.03. The predicted molar refractivity (Wildman–Crippen MR) is 43.8 cm³/mol. The number of aliphatic carboxylic acids is 1. The SMILES string of the molecule is C=COC(CC)COCC(=O)O. The second-order valence-electron chi connectivity index (χ2n) is 2.24. The minimum Gasteiger partial charge on any atom is -0.496 e. The van der Waals surface area contributed by atoms with Crippen molar-refractivity contribution in [2.75, 3.05) is 13.2 Å². The number of rotatable bonds is 7. The maximum atomic E-state index is 10.0. The van der Waals surface area contributed by atoms with Gasteiger partial charge in [-0.2, -0.15) is 0 Å². The molecule has 0 aliphatic rings. The van der Waals surface area contributed by atoms with E-state index in [4.69, 9.17) is 14.6 Å². The summed E-state index contributed by atoms with van der Waals surface area (Å²) in [5.41, 5.74) is 0. The first-order valence-corrected chi connectivity index (χ1v) is 3.76. The zero-order chi connectivity index (χ0) is 9.40. The lowest BCUT2D eigenvalue weighted by Gasteiger charge is -2.13. The molecule has 0 radical (unpaired) electrons. The highest BCUT2D eigenvalue weighted by atomic mass is 16.5. The van der Waals surface area contributed by atoms with Crippen molar-refractivity contribution in [1.82, 2.24) is 0 Å². The van der Waals surface area contributed by atoms with Crippen molar-refractivity contribution in [2.24, 2.45) is 0 Å². The molecule has 0 rings (SSSR count). The first-order chi connectivity index (χ1) is 5.70. The topological polar surface area (TPSA) is 55.8 Å². The quantitative estimate of drug-likeness (QED) is 0.585. The lowest BCUT2D eigenvalue weighted by Crippen LogP contribution is -2.19. The number of hydrogen-bond donors (Lipinski definition) is 1. The van der Waals surface area contributed by atoms with Crippen molar-refractivity contribution in [3.05, 3.63) is 12.8 Å². The first kappa shape index (κ1) is 11.0. The van der Waals surface area contributed by atoms with Crippen LogP contribution in [0.15, 0.2) is 12.8 Å². The Bertz CT molecular complexity index is 144. The molecular formula is C8H14O4. The summed E-state index contributed by atoms with van der Waals surface area (Å²) in [6.45, 7) is 5.33. The Kier molecular flexibility index (Phi) is 6.09. The second-order valence-corrected chi connectivity index (χ2v) is 2.24. The number of hydrogen-bond acceptors (Lipinski definition) is 3. The van der Waals surface area contributed by atoms with Crippen LogP contribution in [0.4, 0.5) is 0 Å². The summed E-state index contributed by atoms with van der Waals surface area (Å²) in [7, 11) is 0. The van der Waals surface area contributed by atoms with Crippen molar-refractivity contribution in [3.8, 4) is 0 Å². The standard InChI is InChI=1S/C8H14O4/c1-3-7(12-4-2)5-11-6-8(9)10/h4,7H,2-3,5-6H2,1H3,(H,9,10). The molecule has 0 fully saturated rings. The number of ether oxygens (including phenoxy) is 2. The molecule has 0 saturated carbocycles. The Labute approximate surface area is 71.8 Å². The second kappa shape index (κ2) is 6.67. The van der Waals surface area contributed by atoms with Gasteiger partial charge in [0.25, 0.3) is 0 Å². The van der Waals surface area contributed by atoms with Gasteiger partial charge in [-0.25, -0.2) is 4.79 Å². The van der Waals surface area contributed by atoms with E-state index in [-0.39, 0.29) is 19.3 Å². The lowest BCUT2D eigenvalue weighted by molar-refractivity contribution is -0.143. The molecule has 4 nitrogen and oxygen atoms in total. The molecule has 0 aromatic heterocycles. The van der Waals surface area contributed by atoms with Crippen LogP contribution in [-0.4, -0.2) is 30.4 Å². The predicted octanol–water partition coefficient (Wildman–Crippen LogP) is 1.03. The van der Waals surface area contributed by atoms with Gasteiger partial charge >= 0.3 is 5.97 Å². The fourth-order valence-corrected chi connectivity index (χ4v) is 0.667. The van der Waals surface area contributed by atoms with Crippen LogP contribution in [0.3, 0.4) is 0 Å². The van der Waals surface area contributed by atoms with Gasteiger partial charge in [-0.15, -0.1) is 0 Å². The third kappa shape index (κ3) is 5.73. The summed E-state index contributed by atoms with van der Waals surface area (Å²) in [6.07, 6.45) is 2.01. The maximum absolute atomic E-state index is 10.0. The first-order valence-electron chi connectivity index (χ1n) is 3.76. The van der Waals surface area contributed by atoms with Crippen molar-refractivity contribution in [3.63, 3.8) is 0 Å². The summed E-state index contributed by atoms with van der Waals surface area (Å²) < 4.78 is 9.85. The number of carboxylic acid groups (broad SMARTS) is 1. The summed E-state index contributed by atoms with van der Waals surface area (Å²) in [5.74, 6) is -0.969. The van der Waals surface area contributed by atoms with E-state index in [0.717, 1.165) is 6.42 Å².